The first kappa shape index (κ1) is 18.5. The van der Waals surface area contributed by atoms with Crippen molar-refractivity contribution < 1.29 is 9.90 Å². The Morgan fingerprint density at radius 2 is 1.33 bits per heavy atom. The Hall–Kier alpha value is -3.24. The summed E-state index contributed by atoms with van der Waals surface area (Å²) in [6, 6.07) is 25.6. The summed E-state index contributed by atoms with van der Waals surface area (Å²) in [6.45, 7) is 3.83. The van der Waals surface area contributed by atoms with E-state index in [9.17, 15) is 9.90 Å². The third-order valence-electron chi connectivity index (χ3n) is 4.51. The van der Waals surface area contributed by atoms with Gasteiger partial charge in [-0.1, -0.05) is 90.5 Å². The molecule has 136 valence electrons. The van der Waals surface area contributed by atoms with Crippen molar-refractivity contribution >= 4 is 11.6 Å². The zero-order chi connectivity index (χ0) is 19.3. The van der Waals surface area contributed by atoms with Gasteiger partial charge >= 0.3 is 0 Å². The van der Waals surface area contributed by atoms with Crippen LogP contribution in [0.2, 0.25) is 0 Å². The minimum Gasteiger partial charge on any atom is -0.372 e. The van der Waals surface area contributed by atoms with Crippen LogP contribution in [0, 0.1) is 6.92 Å². The van der Waals surface area contributed by atoms with Crippen molar-refractivity contribution in [2.45, 2.75) is 19.4 Å². The number of rotatable bonds is 5. The fraction of sp³-hybridized carbons (Fsp3) is 0.130. The van der Waals surface area contributed by atoms with E-state index in [2.05, 4.69) is 10.5 Å². The van der Waals surface area contributed by atoms with Crippen LogP contribution in [-0.4, -0.2) is 16.7 Å². The van der Waals surface area contributed by atoms with Gasteiger partial charge in [-0.05, 0) is 30.5 Å². The summed E-state index contributed by atoms with van der Waals surface area (Å²) in [4.78, 5) is 13.0. The molecule has 0 bridgehead atoms. The summed E-state index contributed by atoms with van der Waals surface area (Å²) < 4.78 is 0. The molecule has 3 aromatic rings. The van der Waals surface area contributed by atoms with E-state index in [0.717, 1.165) is 11.1 Å². The second-order valence-electron chi connectivity index (χ2n) is 6.45. The second-order valence-corrected chi connectivity index (χ2v) is 6.45. The van der Waals surface area contributed by atoms with Gasteiger partial charge in [0, 0.05) is 0 Å². The first-order valence-electron chi connectivity index (χ1n) is 8.77. The number of aryl methyl sites for hydroxylation is 1. The Morgan fingerprint density at radius 3 is 1.81 bits per heavy atom. The van der Waals surface area contributed by atoms with Crippen LogP contribution in [-0.2, 0) is 10.4 Å². The van der Waals surface area contributed by atoms with Crippen LogP contribution in [0.25, 0.3) is 0 Å². The normalized spacial score (nSPS) is 11.9. The quantitative estimate of drug-likeness (QED) is 0.539. The average molecular weight is 358 g/mol. The summed E-state index contributed by atoms with van der Waals surface area (Å²) in [6.07, 6.45) is 0. The molecule has 3 aromatic carbocycles. The molecule has 0 spiro atoms. The second kappa shape index (κ2) is 7.98. The largest absolute Gasteiger partial charge is 0.372 e. The van der Waals surface area contributed by atoms with E-state index in [1.807, 2.05) is 50.2 Å². The van der Waals surface area contributed by atoms with Gasteiger partial charge < -0.3 is 5.11 Å². The fourth-order valence-electron chi connectivity index (χ4n) is 2.86. The molecule has 0 unspecified atom stereocenters. The van der Waals surface area contributed by atoms with Crippen LogP contribution in [0.1, 0.15) is 29.2 Å². The van der Waals surface area contributed by atoms with Gasteiger partial charge in [-0.2, -0.15) is 5.10 Å². The van der Waals surface area contributed by atoms with Crippen LogP contribution >= 0.6 is 0 Å². The fourth-order valence-corrected chi connectivity index (χ4v) is 2.86. The minimum absolute atomic E-state index is 0.483. The Kier molecular flexibility index (Phi) is 5.48. The zero-order valence-electron chi connectivity index (χ0n) is 15.4. The SMILES string of the molecule is C/C(=N/NC(=O)C(O)(c1ccccc1)c1ccccc1)c1ccc(C)cc1. The molecule has 0 aromatic heterocycles. The minimum atomic E-state index is -1.83. The highest BCUT2D eigenvalue weighted by atomic mass is 16.3. The van der Waals surface area contributed by atoms with Crippen molar-refractivity contribution in [3.8, 4) is 0 Å². The summed E-state index contributed by atoms with van der Waals surface area (Å²) >= 11 is 0. The lowest BCUT2D eigenvalue weighted by Crippen LogP contribution is -2.43. The van der Waals surface area contributed by atoms with Gasteiger partial charge in [0.05, 0.1) is 5.71 Å². The Balaban J connectivity index is 1.92. The molecule has 4 heteroatoms. The van der Waals surface area contributed by atoms with Crippen molar-refractivity contribution in [1.29, 1.82) is 0 Å². The molecule has 0 aliphatic rings. The maximum atomic E-state index is 13.0. The molecule has 4 nitrogen and oxygen atoms in total. The predicted octanol–water partition coefficient (Wildman–Crippen LogP) is 3.77. The molecular weight excluding hydrogens is 336 g/mol. The lowest BCUT2D eigenvalue weighted by molar-refractivity contribution is -0.136. The molecule has 2 N–H and O–H groups in total. The lowest BCUT2D eigenvalue weighted by Gasteiger charge is -2.27. The van der Waals surface area contributed by atoms with Crippen molar-refractivity contribution in [2.24, 2.45) is 5.10 Å². The number of nitrogens with zero attached hydrogens (tertiary/aromatic N) is 1. The van der Waals surface area contributed by atoms with Gasteiger partial charge in [0.25, 0.3) is 5.91 Å². The summed E-state index contributed by atoms with van der Waals surface area (Å²) in [5.41, 5.74) is 4.38. The maximum Gasteiger partial charge on any atom is 0.281 e. The molecule has 0 heterocycles. The highest BCUT2D eigenvalue weighted by Crippen LogP contribution is 2.29. The van der Waals surface area contributed by atoms with Gasteiger partial charge in [0.15, 0.2) is 5.60 Å². The number of carbonyl (C=O) groups excluding carboxylic acids is 1. The van der Waals surface area contributed by atoms with Gasteiger partial charge in [0.2, 0.25) is 0 Å². The zero-order valence-corrected chi connectivity index (χ0v) is 15.4. The van der Waals surface area contributed by atoms with E-state index in [4.69, 9.17) is 0 Å². The molecule has 27 heavy (non-hydrogen) atoms. The number of hydrogen-bond acceptors (Lipinski definition) is 3. The topological polar surface area (TPSA) is 61.7 Å². The van der Waals surface area contributed by atoms with Crippen molar-refractivity contribution in [2.75, 3.05) is 0 Å². The molecule has 0 saturated heterocycles. The van der Waals surface area contributed by atoms with Crippen molar-refractivity contribution in [3.63, 3.8) is 0 Å². The summed E-state index contributed by atoms with van der Waals surface area (Å²) in [7, 11) is 0. The number of amides is 1. The highest BCUT2D eigenvalue weighted by molar-refractivity contribution is 6.00. The third-order valence-corrected chi connectivity index (χ3v) is 4.51. The van der Waals surface area contributed by atoms with E-state index in [1.54, 1.807) is 48.5 Å². The number of hydrazone groups is 1. The Morgan fingerprint density at radius 1 is 0.852 bits per heavy atom. The van der Waals surface area contributed by atoms with E-state index >= 15 is 0 Å². The Labute approximate surface area is 159 Å². The number of benzene rings is 3. The highest BCUT2D eigenvalue weighted by Gasteiger charge is 2.39. The van der Waals surface area contributed by atoms with E-state index < -0.39 is 11.5 Å². The van der Waals surface area contributed by atoms with E-state index in [1.165, 1.54) is 0 Å². The average Bonchev–Trinajstić information content (AvgIpc) is 2.73. The summed E-state index contributed by atoms with van der Waals surface area (Å²) in [5.74, 6) is -0.605. The molecule has 3 rings (SSSR count). The van der Waals surface area contributed by atoms with E-state index in [0.29, 0.717) is 16.8 Å². The smallest absolute Gasteiger partial charge is 0.281 e. The standard InChI is InChI=1S/C23H22N2O2/c1-17-13-15-19(16-14-17)18(2)24-25-22(26)23(27,20-9-5-3-6-10-20)21-11-7-4-8-12-21/h3-16,27H,1-2H3,(H,25,26)/b24-18-. The molecular formula is C23H22N2O2. The molecule has 0 aliphatic carbocycles. The van der Waals surface area contributed by atoms with Crippen LogP contribution in [0.3, 0.4) is 0 Å². The van der Waals surface area contributed by atoms with Gasteiger partial charge in [-0.15, -0.1) is 0 Å². The molecule has 0 fully saturated rings. The van der Waals surface area contributed by atoms with Crippen molar-refractivity contribution in [3.05, 3.63) is 107 Å². The number of hydrogen-bond donors (Lipinski definition) is 2. The number of nitrogens with one attached hydrogen (secondary N) is 1. The predicted molar refractivity (Wildman–Crippen MR) is 107 cm³/mol. The number of carbonyl (C=O) groups is 1. The van der Waals surface area contributed by atoms with E-state index in [-0.39, 0.29) is 0 Å². The molecule has 1 amide bonds. The molecule has 0 aliphatic heterocycles. The molecule has 0 saturated carbocycles. The van der Waals surface area contributed by atoms with Crippen LogP contribution < -0.4 is 5.43 Å². The number of aliphatic hydroxyl groups is 1. The first-order valence-corrected chi connectivity index (χ1v) is 8.77. The molecule has 0 radical (unpaired) electrons. The van der Waals surface area contributed by atoms with Crippen LogP contribution in [0.15, 0.2) is 90.0 Å². The van der Waals surface area contributed by atoms with Gasteiger partial charge in [-0.25, -0.2) is 5.43 Å². The van der Waals surface area contributed by atoms with Crippen LogP contribution in [0.5, 0.6) is 0 Å². The molecule has 0 atom stereocenters. The summed E-state index contributed by atoms with van der Waals surface area (Å²) in [5, 5.41) is 15.6. The van der Waals surface area contributed by atoms with Crippen molar-refractivity contribution in [1.82, 2.24) is 5.43 Å². The first-order chi connectivity index (χ1) is 13.0. The van der Waals surface area contributed by atoms with Gasteiger partial charge in [-0.3, -0.25) is 4.79 Å². The third kappa shape index (κ3) is 3.96. The maximum absolute atomic E-state index is 13.0. The van der Waals surface area contributed by atoms with Crippen LogP contribution in [0.4, 0.5) is 0 Å². The Bertz CT molecular complexity index is 894. The monoisotopic (exact) mass is 358 g/mol. The van der Waals surface area contributed by atoms with Gasteiger partial charge in [0.1, 0.15) is 0 Å². The lowest BCUT2D eigenvalue weighted by atomic mass is 9.85.